The first-order chi connectivity index (χ1) is 10.4. The fourth-order valence-electron chi connectivity index (χ4n) is 1.47. The molecule has 0 unspecified atom stereocenters. The van der Waals surface area contributed by atoms with Crippen molar-refractivity contribution >= 4 is 12.1 Å². The van der Waals surface area contributed by atoms with Crippen molar-refractivity contribution in [2.75, 3.05) is 39.9 Å². The zero-order valence-corrected chi connectivity index (χ0v) is 14.6. The summed E-state index contributed by atoms with van der Waals surface area (Å²) < 4.78 is 10.6. The van der Waals surface area contributed by atoms with Crippen LogP contribution in [-0.2, 0) is 9.47 Å². The molecule has 0 radical (unpaired) electrons. The molecule has 0 saturated carbocycles. The number of nitrogens with one attached hydrogen (secondary N) is 3. The quantitative estimate of drug-likeness (QED) is 0.341. The third-order valence-corrected chi connectivity index (χ3v) is 2.49. The van der Waals surface area contributed by atoms with E-state index >= 15 is 0 Å². The number of guanidine groups is 1. The van der Waals surface area contributed by atoms with E-state index in [9.17, 15) is 4.79 Å². The van der Waals surface area contributed by atoms with Gasteiger partial charge in [0.1, 0.15) is 5.60 Å². The lowest BCUT2D eigenvalue weighted by molar-refractivity contribution is 0.0529. The molecule has 0 heterocycles. The Labute approximate surface area is 134 Å². The number of unbranched alkanes of at least 4 members (excludes halogenated alkanes) is 1. The number of aliphatic imine (C=N–C) groups is 1. The largest absolute Gasteiger partial charge is 0.444 e. The lowest BCUT2D eigenvalue weighted by Crippen LogP contribution is -2.43. The summed E-state index contributed by atoms with van der Waals surface area (Å²) in [6.07, 6.45) is 1.81. The third-order valence-electron chi connectivity index (χ3n) is 2.49. The Balaban J connectivity index is 3.64. The highest BCUT2D eigenvalue weighted by Gasteiger charge is 2.15. The molecule has 0 aliphatic carbocycles. The molecule has 0 aromatic carbocycles. The molecular weight excluding hydrogens is 284 g/mol. The van der Waals surface area contributed by atoms with Gasteiger partial charge < -0.3 is 25.4 Å². The van der Waals surface area contributed by atoms with Gasteiger partial charge in [-0.2, -0.15) is 0 Å². The fourth-order valence-corrected chi connectivity index (χ4v) is 1.47. The molecule has 1 amide bonds. The van der Waals surface area contributed by atoms with Gasteiger partial charge in [-0.1, -0.05) is 13.3 Å². The van der Waals surface area contributed by atoms with E-state index in [2.05, 4.69) is 27.9 Å². The van der Waals surface area contributed by atoms with E-state index in [4.69, 9.17) is 9.47 Å². The van der Waals surface area contributed by atoms with E-state index in [-0.39, 0.29) is 0 Å². The van der Waals surface area contributed by atoms with Crippen molar-refractivity contribution in [3.63, 3.8) is 0 Å². The Morgan fingerprint density at radius 1 is 1.05 bits per heavy atom. The summed E-state index contributed by atoms with van der Waals surface area (Å²) in [7, 11) is 1.70. The first-order valence-corrected chi connectivity index (χ1v) is 7.88. The Kier molecular flexibility index (Phi) is 11.3. The number of nitrogens with zero attached hydrogens (tertiary/aromatic N) is 1. The van der Waals surface area contributed by atoms with Gasteiger partial charge in [0.2, 0.25) is 0 Å². The maximum Gasteiger partial charge on any atom is 0.407 e. The zero-order valence-electron chi connectivity index (χ0n) is 14.6. The molecule has 0 rings (SSSR count). The second-order valence-electron chi connectivity index (χ2n) is 5.82. The number of ether oxygens (including phenoxy) is 2. The van der Waals surface area contributed by atoms with Crippen molar-refractivity contribution in [2.24, 2.45) is 4.99 Å². The molecule has 22 heavy (non-hydrogen) atoms. The normalized spacial score (nSPS) is 12.0. The number of alkyl carbamates (subject to hydrolysis) is 1. The lowest BCUT2D eigenvalue weighted by atomic mass is 10.2. The van der Waals surface area contributed by atoms with Gasteiger partial charge in [-0.15, -0.1) is 0 Å². The highest BCUT2D eigenvalue weighted by molar-refractivity contribution is 5.79. The second-order valence-corrected chi connectivity index (χ2v) is 5.82. The number of hydrogen-bond donors (Lipinski definition) is 3. The third kappa shape index (κ3) is 13.5. The van der Waals surface area contributed by atoms with Gasteiger partial charge >= 0.3 is 6.09 Å². The average Bonchev–Trinajstić information content (AvgIpc) is 2.43. The van der Waals surface area contributed by atoms with Crippen LogP contribution >= 0.6 is 0 Å². The standard InChI is InChI=1S/C15H32N4O3/c1-6-7-11-21-12-10-18-13(16-5)17-8-9-19-14(20)22-15(2,3)4/h6-12H2,1-5H3,(H,19,20)(H2,16,17,18). The fraction of sp³-hybridized carbons (Fsp3) is 0.867. The van der Waals surface area contributed by atoms with E-state index in [1.54, 1.807) is 7.05 Å². The molecule has 0 aliphatic heterocycles. The van der Waals surface area contributed by atoms with E-state index < -0.39 is 11.7 Å². The van der Waals surface area contributed by atoms with E-state index in [1.165, 1.54) is 0 Å². The van der Waals surface area contributed by atoms with Gasteiger partial charge in [-0.05, 0) is 27.2 Å². The van der Waals surface area contributed by atoms with E-state index in [0.717, 1.165) is 19.4 Å². The van der Waals surface area contributed by atoms with Crippen LogP contribution in [0.15, 0.2) is 4.99 Å². The van der Waals surface area contributed by atoms with E-state index in [0.29, 0.717) is 32.2 Å². The van der Waals surface area contributed by atoms with Crippen LogP contribution in [0.3, 0.4) is 0 Å². The molecule has 7 heteroatoms. The molecule has 0 saturated heterocycles. The van der Waals surface area contributed by atoms with Crippen LogP contribution in [0.1, 0.15) is 40.5 Å². The van der Waals surface area contributed by atoms with Gasteiger partial charge in [0.25, 0.3) is 0 Å². The topological polar surface area (TPSA) is 84.0 Å². The minimum atomic E-state index is -0.479. The van der Waals surface area contributed by atoms with Crippen LogP contribution in [0.5, 0.6) is 0 Å². The molecule has 0 aromatic rings. The molecule has 0 fully saturated rings. The molecule has 0 aromatic heterocycles. The maximum atomic E-state index is 11.4. The summed E-state index contributed by atoms with van der Waals surface area (Å²) in [5.41, 5.74) is -0.479. The molecule has 3 N–H and O–H groups in total. The van der Waals surface area contributed by atoms with Crippen molar-refractivity contribution < 1.29 is 14.3 Å². The first-order valence-electron chi connectivity index (χ1n) is 7.88. The van der Waals surface area contributed by atoms with Crippen LogP contribution in [0.25, 0.3) is 0 Å². The van der Waals surface area contributed by atoms with Crippen molar-refractivity contribution in [1.29, 1.82) is 0 Å². The summed E-state index contributed by atoms with van der Waals surface area (Å²) in [6.45, 7) is 10.8. The number of carbonyl (C=O) groups excluding carboxylic acids is 1. The Morgan fingerprint density at radius 2 is 1.68 bits per heavy atom. The lowest BCUT2D eigenvalue weighted by Gasteiger charge is -2.19. The van der Waals surface area contributed by atoms with Crippen LogP contribution in [-0.4, -0.2) is 57.5 Å². The van der Waals surface area contributed by atoms with Gasteiger partial charge in [0, 0.05) is 33.3 Å². The summed E-state index contributed by atoms with van der Waals surface area (Å²) in [4.78, 5) is 15.5. The maximum absolute atomic E-state index is 11.4. The molecule has 0 bridgehead atoms. The minimum absolute atomic E-state index is 0.415. The Morgan fingerprint density at radius 3 is 2.27 bits per heavy atom. The Hall–Kier alpha value is -1.50. The summed E-state index contributed by atoms with van der Waals surface area (Å²) >= 11 is 0. The van der Waals surface area contributed by atoms with E-state index in [1.807, 2.05) is 20.8 Å². The highest BCUT2D eigenvalue weighted by atomic mass is 16.6. The van der Waals surface area contributed by atoms with Gasteiger partial charge in [-0.3, -0.25) is 4.99 Å². The van der Waals surface area contributed by atoms with Crippen molar-refractivity contribution in [3.05, 3.63) is 0 Å². The predicted octanol–water partition coefficient (Wildman–Crippen LogP) is 1.49. The zero-order chi connectivity index (χ0) is 16.8. The van der Waals surface area contributed by atoms with Crippen LogP contribution in [0, 0.1) is 0 Å². The molecule has 0 atom stereocenters. The number of hydrogen-bond acceptors (Lipinski definition) is 4. The highest BCUT2D eigenvalue weighted by Crippen LogP contribution is 2.05. The minimum Gasteiger partial charge on any atom is -0.444 e. The molecule has 0 aliphatic rings. The monoisotopic (exact) mass is 316 g/mol. The average molecular weight is 316 g/mol. The van der Waals surface area contributed by atoms with Gasteiger partial charge in [-0.25, -0.2) is 4.79 Å². The second kappa shape index (κ2) is 12.1. The molecule has 7 nitrogen and oxygen atoms in total. The Bertz CT molecular complexity index is 327. The van der Waals surface area contributed by atoms with Crippen molar-refractivity contribution in [1.82, 2.24) is 16.0 Å². The van der Waals surface area contributed by atoms with Crippen LogP contribution in [0.4, 0.5) is 4.79 Å². The molecular formula is C15H32N4O3. The summed E-state index contributed by atoms with van der Waals surface area (Å²) in [5.74, 6) is 0.685. The van der Waals surface area contributed by atoms with Gasteiger partial charge in [0.15, 0.2) is 5.96 Å². The number of amides is 1. The summed E-state index contributed by atoms with van der Waals surface area (Å²) in [5, 5.41) is 8.92. The number of carbonyl (C=O) groups is 1. The van der Waals surface area contributed by atoms with Crippen LogP contribution < -0.4 is 16.0 Å². The summed E-state index contributed by atoms with van der Waals surface area (Å²) in [6, 6.07) is 0. The number of rotatable bonds is 9. The molecule has 130 valence electrons. The van der Waals surface area contributed by atoms with Crippen LogP contribution in [0.2, 0.25) is 0 Å². The first kappa shape index (κ1) is 20.5. The van der Waals surface area contributed by atoms with Gasteiger partial charge in [0.05, 0.1) is 6.61 Å². The predicted molar refractivity (Wildman–Crippen MR) is 89.3 cm³/mol. The van der Waals surface area contributed by atoms with Crippen molar-refractivity contribution in [3.8, 4) is 0 Å². The smallest absolute Gasteiger partial charge is 0.407 e. The molecule has 0 spiro atoms. The van der Waals surface area contributed by atoms with Crippen molar-refractivity contribution in [2.45, 2.75) is 46.1 Å². The SMILES string of the molecule is CCCCOCCNC(=NC)NCCNC(=O)OC(C)(C)C.